The van der Waals surface area contributed by atoms with E-state index in [9.17, 15) is 0 Å². The lowest BCUT2D eigenvalue weighted by molar-refractivity contribution is 0.407. The normalized spacial score (nSPS) is 17.9. The van der Waals surface area contributed by atoms with Crippen molar-refractivity contribution in [3.63, 3.8) is 0 Å². The van der Waals surface area contributed by atoms with Gasteiger partial charge in [-0.1, -0.05) is 116 Å². The van der Waals surface area contributed by atoms with Gasteiger partial charge < -0.3 is 19.0 Å². The Balaban J connectivity index is 0.923. The van der Waals surface area contributed by atoms with E-state index in [2.05, 4.69) is 223 Å². The third-order valence-corrected chi connectivity index (χ3v) is 12.2. The monoisotopic (exact) mass is 762 g/mol. The molecule has 59 heavy (non-hydrogen) atoms. The molecule has 3 atom stereocenters. The lowest BCUT2D eigenvalue weighted by atomic mass is 9.76. The van der Waals surface area contributed by atoms with E-state index >= 15 is 0 Å². The maximum atomic E-state index is 6.55. The zero-order valence-corrected chi connectivity index (χ0v) is 32.8. The Hall–Kier alpha value is -7.30. The summed E-state index contributed by atoms with van der Waals surface area (Å²) in [5.74, 6) is 2.31. The Morgan fingerprint density at radius 1 is 0.525 bits per heavy atom. The van der Waals surface area contributed by atoms with E-state index in [0.717, 1.165) is 62.5 Å². The topological polar surface area (TPSA) is 28.9 Å². The molecule has 3 unspecified atom stereocenters. The molecule has 0 amide bonds. The summed E-state index contributed by atoms with van der Waals surface area (Å²) in [7, 11) is 0. The van der Waals surface area contributed by atoms with E-state index in [1.807, 2.05) is 0 Å². The first-order chi connectivity index (χ1) is 29.2. The molecule has 11 rings (SSSR count). The van der Waals surface area contributed by atoms with Gasteiger partial charge in [0.15, 0.2) is 0 Å². The van der Waals surface area contributed by atoms with Crippen LogP contribution in [0.4, 0.5) is 28.4 Å². The molecule has 0 saturated carbocycles. The molecule has 0 fully saturated rings. The third-order valence-electron chi connectivity index (χ3n) is 12.2. The van der Waals surface area contributed by atoms with Crippen molar-refractivity contribution in [2.24, 2.45) is 5.92 Å². The number of anilines is 5. The first-order valence-corrected chi connectivity index (χ1v) is 20.5. The molecule has 284 valence electrons. The van der Waals surface area contributed by atoms with Crippen molar-refractivity contribution in [3.05, 3.63) is 223 Å². The van der Waals surface area contributed by atoms with Gasteiger partial charge in [0.05, 0.1) is 12.0 Å². The molecule has 8 aromatic rings. The first-order valence-electron chi connectivity index (χ1n) is 20.5. The number of rotatable bonds is 8. The first kappa shape index (κ1) is 34.9. The van der Waals surface area contributed by atoms with Crippen molar-refractivity contribution in [1.29, 1.82) is 0 Å². The second kappa shape index (κ2) is 14.6. The van der Waals surface area contributed by atoms with Crippen LogP contribution in [0.5, 0.6) is 5.75 Å². The standard InChI is InChI=1S/C55H42N2O2/c1-37-47(28-32-54-55(37)50-36-46(27-31-53(50)59-54)57(43-21-10-4-11-22-43)44-23-12-5-13-24-44)40-16-14-15-38(33-40)39-25-29-51-48(34-39)49-35-45(26-30-52(49)58-51)56(41-17-6-2-7-18-41)42-19-8-3-9-20-42/h2-23,25-37,44,55H,24H2,1H3. The van der Waals surface area contributed by atoms with Crippen LogP contribution in [0.2, 0.25) is 0 Å². The molecule has 3 aliphatic rings. The number of benzene rings is 7. The highest BCUT2D eigenvalue weighted by molar-refractivity contribution is 6.08. The summed E-state index contributed by atoms with van der Waals surface area (Å²) in [6.07, 6.45) is 14.3. The van der Waals surface area contributed by atoms with Gasteiger partial charge in [-0.2, -0.15) is 0 Å². The maximum absolute atomic E-state index is 6.55. The van der Waals surface area contributed by atoms with Crippen LogP contribution in [-0.4, -0.2) is 6.04 Å². The summed E-state index contributed by atoms with van der Waals surface area (Å²) in [4.78, 5) is 4.75. The van der Waals surface area contributed by atoms with Crippen LogP contribution < -0.4 is 14.5 Å². The van der Waals surface area contributed by atoms with Crippen LogP contribution in [-0.2, 0) is 0 Å². The molecule has 0 saturated heterocycles. The number of hydrogen-bond donors (Lipinski definition) is 0. The van der Waals surface area contributed by atoms with Crippen LogP contribution >= 0.6 is 0 Å². The largest absolute Gasteiger partial charge is 0.461 e. The SMILES string of the molecule is CC1C(c2cccc(-c3ccc4oc5ccc(N(c6ccccc6)c6ccccc6)cc5c4c3)c2)=CC=C2Oc3ccc(N(c4ccccc4)C4C=CC=CC4)cc3C21. The van der Waals surface area contributed by atoms with E-state index in [1.54, 1.807) is 0 Å². The van der Waals surface area contributed by atoms with Gasteiger partial charge >= 0.3 is 0 Å². The van der Waals surface area contributed by atoms with Crippen molar-refractivity contribution in [2.45, 2.75) is 25.3 Å². The molecule has 2 aliphatic carbocycles. The highest BCUT2D eigenvalue weighted by atomic mass is 16.5. The number of nitrogens with zero attached hydrogens (tertiary/aromatic N) is 2. The van der Waals surface area contributed by atoms with Crippen molar-refractivity contribution in [1.82, 2.24) is 0 Å². The third kappa shape index (κ3) is 6.25. The van der Waals surface area contributed by atoms with E-state index in [-0.39, 0.29) is 17.9 Å². The highest BCUT2D eigenvalue weighted by Gasteiger charge is 2.38. The van der Waals surface area contributed by atoms with Gasteiger partial charge in [0.2, 0.25) is 0 Å². The van der Waals surface area contributed by atoms with Gasteiger partial charge in [0.1, 0.15) is 22.7 Å². The molecule has 4 nitrogen and oxygen atoms in total. The minimum atomic E-state index is 0.127. The fraction of sp³-hybridized carbons (Fsp3) is 0.0909. The number of hydrogen-bond acceptors (Lipinski definition) is 4. The molecule has 2 heterocycles. The van der Waals surface area contributed by atoms with Gasteiger partial charge in [0, 0.05) is 44.8 Å². The average molecular weight is 763 g/mol. The summed E-state index contributed by atoms with van der Waals surface area (Å²) in [5, 5.41) is 2.19. The molecule has 7 aromatic carbocycles. The number of furan rings is 1. The van der Waals surface area contributed by atoms with Crippen molar-refractivity contribution in [2.75, 3.05) is 9.80 Å². The maximum Gasteiger partial charge on any atom is 0.135 e. The second-order valence-electron chi connectivity index (χ2n) is 15.7. The number of ether oxygens (including phenoxy) is 1. The Kier molecular flexibility index (Phi) is 8.62. The van der Waals surface area contributed by atoms with E-state index in [1.165, 1.54) is 33.6 Å². The second-order valence-corrected chi connectivity index (χ2v) is 15.7. The average Bonchev–Trinajstić information content (AvgIpc) is 3.86. The number of allylic oxidation sites excluding steroid dienone is 6. The Bertz CT molecular complexity index is 2940. The summed E-state index contributed by atoms with van der Waals surface area (Å²) in [6.45, 7) is 2.35. The molecule has 1 aromatic heterocycles. The molecular formula is C55H42N2O2. The van der Waals surface area contributed by atoms with Crippen molar-refractivity contribution >= 4 is 55.9 Å². The minimum absolute atomic E-state index is 0.127. The summed E-state index contributed by atoms with van der Waals surface area (Å²) >= 11 is 0. The zero-order valence-electron chi connectivity index (χ0n) is 32.8. The van der Waals surface area contributed by atoms with Gasteiger partial charge in [0.25, 0.3) is 0 Å². The minimum Gasteiger partial charge on any atom is -0.461 e. The Morgan fingerprint density at radius 2 is 1.19 bits per heavy atom. The predicted molar refractivity (Wildman–Crippen MR) is 244 cm³/mol. The van der Waals surface area contributed by atoms with Crippen molar-refractivity contribution < 1.29 is 9.15 Å². The van der Waals surface area contributed by atoms with Crippen LogP contribution in [0, 0.1) is 5.92 Å². The van der Waals surface area contributed by atoms with E-state index in [4.69, 9.17) is 9.15 Å². The van der Waals surface area contributed by atoms with Crippen molar-refractivity contribution in [3.8, 4) is 16.9 Å². The van der Waals surface area contributed by atoms with Gasteiger partial charge in [-0.15, -0.1) is 0 Å². The number of fused-ring (bicyclic) bond motifs is 6. The lowest BCUT2D eigenvalue weighted by Crippen LogP contribution is -2.29. The molecule has 1 aliphatic heterocycles. The number of para-hydroxylation sites is 3. The van der Waals surface area contributed by atoms with E-state index in [0.29, 0.717) is 0 Å². The summed E-state index contributed by atoms with van der Waals surface area (Å²) < 4.78 is 13.0. The van der Waals surface area contributed by atoms with E-state index < -0.39 is 0 Å². The molecule has 4 heteroatoms. The zero-order chi connectivity index (χ0) is 39.3. The smallest absolute Gasteiger partial charge is 0.135 e. The predicted octanol–water partition coefficient (Wildman–Crippen LogP) is 14.8. The lowest BCUT2D eigenvalue weighted by Gasteiger charge is -2.33. The van der Waals surface area contributed by atoms with Crippen LogP contribution in [0.15, 0.2) is 216 Å². The quantitative estimate of drug-likeness (QED) is 0.154. The summed E-state index contributed by atoms with van der Waals surface area (Å²) in [6, 6.07) is 60.8. The molecule has 0 spiro atoms. The van der Waals surface area contributed by atoms with Crippen LogP contribution in [0.1, 0.15) is 30.4 Å². The molecule has 0 bridgehead atoms. The van der Waals surface area contributed by atoms with Gasteiger partial charge in [-0.25, -0.2) is 0 Å². The fourth-order valence-electron chi connectivity index (χ4n) is 9.32. The molecule has 0 radical (unpaired) electrons. The fourth-order valence-corrected chi connectivity index (χ4v) is 9.32. The molecular weight excluding hydrogens is 721 g/mol. The highest BCUT2D eigenvalue weighted by Crippen LogP contribution is 2.52. The van der Waals surface area contributed by atoms with Gasteiger partial charge in [-0.3, -0.25) is 0 Å². The van der Waals surface area contributed by atoms with Gasteiger partial charge in [-0.05, 0) is 132 Å². The summed E-state index contributed by atoms with van der Waals surface area (Å²) in [5.41, 5.74) is 13.5. The Morgan fingerprint density at radius 3 is 1.92 bits per heavy atom. The Labute approximate surface area is 344 Å². The van der Waals surface area contributed by atoms with Crippen LogP contribution in [0.25, 0.3) is 38.6 Å². The molecule has 0 N–H and O–H groups in total. The van der Waals surface area contributed by atoms with Crippen LogP contribution in [0.3, 0.4) is 0 Å².